The third kappa shape index (κ3) is 3.33. The molecule has 2 aromatic heterocycles. The second kappa shape index (κ2) is 6.78. The molecule has 0 amide bonds. The number of fused-ring (bicyclic) bond motifs is 1. The van der Waals surface area contributed by atoms with Gasteiger partial charge in [0.05, 0.1) is 8.42 Å². The molecule has 12 heteroatoms. The molecule has 0 radical (unpaired) electrons. The fourth-order valence-corrected chi connectivity index (χ4v) is 5.47. The van der Waals surface area contributed by atoms with Gasteiger partial charge in [0, 0.05) is 9.40 Å². The summed E-state index contributed by atoms with van der Waals surface area (Å²) < 4.78 is 4.09. The number of amidine groups is 2. The normalized spacial score (nSPS) is 12.8. The van der Waals surface area contributed by atoms with Crippen LogP contribution < -0.4 is 11.7 Å². The Hall–Kier alpha value is -1.50. The Morgan fingerprint density at radius 2 is 1.30 bits per heavy atom. The van der Waals surface area contributed by atoms with Crippen LogP contribution in [0.5, 0.6) is 0 Å². The highest BCUT2D eigenvalue weighted by atomic mass is 32.2. The maximum Gasteiger partial charge on any atom is 0.231 e. The van der Waals surface area contributed by atoms with Crippen molar-refractivity contribution in [2.45, 2.75) is 8.42 Å². The number of thioether (sulfide) groups is 2. The molecule has 0 unspecified atom stereocenters. The zero-order valence-corrected chi connectivity index (χ0v) is 13.0. The number of hydrogen-bond donors (Lipinski definition) is 4. The van der Waals surface area contributed by atoms with Crippen LogP contribution in [0.25, 0.3) is 9.40 Å². The SMILES string of the molecule is N=NC(=NN)Sc1cc2sc(SC(N=N)=NN)cc2s1. The third-order valence-corrected chi connectivity index (χ3v) is 6.24. The Morgan fingerprint density at radius 1 is 0.900 bits per heavy atom. The fraction of sp³-hybridized carbons (Fsp3) is 0. The highest BCUT2D eigenvalue weighted by molar-refractivity contribution is 8.15. The van der Waals surface area contributed by atoms with Crippen LogP contribution in [0.1, 0.15) is 0 Å². The van der Waals surface area contributed by atoms with Crippen LogP contribution in [0.4, 0.5) is 0 Å². The van der Waals surface area contributed by atoms with E-state index < -0.39 is 0 Å². The predicted molar refractivity (Wildman–Crippen MR) is 85.0 cm³/mol. The molecule has 2 aromatic rings. The van der Waals surface area contributed by atoms with Gasteiger partial charge in [-0.2, -0.15) is 10.2 Å². The molecule has 0 aromatic carbocycles. The molecule has 8 nitrogen and oxygen atoms in total. The van der Waals surface area contributed by atoms with Gasteiger partial charge in [-0.25, -0.2) is 11.1 Å². The molecule has 0 saturated carbocycles. The van der Waals surface area contributed by atoms with Gasteiger partial charge in [0.2, 0.25) is 10.3 Å². The highest BCUT2D eigenvalue weighted by Crippen LogP contribution is 2.41. The number of hydrazone groups is 2. The summed E-state index contributed by atoms with van der Waals surface area (Å²) in [6.45, 7) is 0. The van der Waals surface area contributed by atoms with Crippen LogP contribution in [0.15, 0.2) is 41.0 Å². The van der Waals surface area contributed by atoms with Crippen LogP contribution in [-0.2, 0) is 0 Å². The minimum Gasteiger partial charge on any atom is -0.321 e. The van der Waals surface area contributed by atoms with E-state index in [4.69, 9.17) is 22.7 Å². The van der Waals surface area contributed by atoms with E-state index in [9.17, 15) is 0 Å². The molecule has 6 N–H and O–H groups in total. The van der Waals surface area contributed by atoms with Gasteiger partial charge < -0.3 is 11.7 Å². The zero-order chi connectivity index (χ0) is 14.5. The Labute approximate surface area is 129 Å². The molecule has 0 bridgehead atoms. The average molecular weight is 344 g/mol. The van der Waals surface area contributed by atoms with Gasteiger partial charge in [-0.3, -0.25) is 0 Å². The van der Waals surface area contributed by atoms with Crippen molar-refractivity contribution >= 4 is 65.9 Å². The van der Waals surface area contributed by atoms with Crippen molar-refractivity contribution in [2.75, 3.05) is 0 Å². The maximum absolute atomic E-state index is 6.90. The Kier molecular flexibility index (Phi) is 5.05. The highest BCUT2D eigenvalue weighted by Gasteiger charge is 2.11. The summed E-state index contributed by atoms with van der Waals surface area (Å²) >= 11 is 5.59. The molecule has 0 aliphatic rings. The van der Waals surface area contributed by atoms with Crippen LogP contribution in [0.2, 0.25) is 0 Å². The average Bonchev–Trinajstić information content (AvgIpc) is 2.99. The summed E-state index contributed by atoms with van der Waals surface area (Å²) in [6, 6.07) is 3.96. The molecule has 2 rings (SSSR count). The first-order valence-corrected chi connectivity index (χ1v) is 8.16. The molecule has 20 heavy (non-hydrogen) atoms. The van der Waals surface area contributed by atoms with Crippen molar-refractivity contribution in [3.8, 4) is 0 Å². The van der Waals surface area contributed by atoms with Gasteiger partial charge in [-0.15, -0.1) is 32.9 Å². The second-order valence-corrected chi connectivity index (χ2v) is 7.81. The van der Waals surface area contributed by atoms with Gasteiger partial charge in [0.1, 0.15) is 0 Å². The Balaban J connectivity index is 2.19. The first-order valence-electron chi connectivity index (χ1n) is 4.90. The van der Waals surface area contributed by atoms with Crippen LogP contribution in [0.3, 0.4) is 0 Å². The molecule has 0 saturated heterocycles. The van der Waals surface area contributed by atoms with Crippen molar-refractivity contribution < 1.29 is 0 Å². The topological polar surface area (TPSA) is 149 Å². The molecule has 0 atom stereocenters. The number of rotatable bonds is 2. The third-order valence-electron chi connectivity index (χ3n) is 1.96. The molecular weight excluding hydrogens is 336 g/mol. The first-order chi connectivity index (χ1) is 9.69. The van der Waals surface area contributed by atoms with Crippen molar-refractivity contribution in [1.82, 2.24) is 0 Å². The molecular formula is C8H8N8S4. The summed E-state index contributed by atoms with van der Waals surface area (Å²) in [7, 11) is 0. The van der Waals surface area contributed by atoms with Crippen molar-refractivity contribution in [2.24, 2.45) is 32.1 Å². The summed E-state index contributed by atoms with van der Waals surface area (Å²) in [5, 5.41) is 13.7. The van der Waals surface area contributed by atoms with E-state index in [1.807, 2.05) is 12.1 Å². The zero-order valence-electron chi connectivity index (χ0n) is 9.73. The van der Waals surface area contributed by atoms with Crippen LogP contribution in [-0.4, -0.2) is 10.3 Å². The quantitative estimate of drug-likeness (QED) is 0.164. The smallest absolute Gasteiger partial charge is 0.231 e. The lowest BCUT2D eigenvalue weighted by atomic mass is 10.5. The lowest BCUT2D eigenvalue weighted by Crippen LogP contribution is -1.90. The van der Waals surface area contributed by atoms with Crippen molar-refractivity contribution in [3.63, 3.8) is 0 Å². The summed E-state index contributed by atoms with van der Waals surface area (Å²) in [4.78, 5) is 0. The van der Waals surface area contributed by atoms with Gasteiger partial charge in [0.25, 0.3) is 0 Å². The first kappa shape index (κ1) is 14.9. The van der Waals surface area contributed by atoms with E-state index in [-0.39, 0.29) is 10.3 Å². The molecule has 104 valence electrons. The van der Waals surface area contributed by atoms with Crippen molar-refractivity contribution in [1.29, 1.82) is 11.1 Å². The van der Waals surface area contributed by atoms with E-state index in [0.29, 0.717) is 0 Å². The number of hydrogen-bond acceptors (Lipinski definition) is 10. The molecule has 0 spiro atoms. The second-order valence-electron chi connectivity index (χ2n) is 3.11. The van der Waals surface area contributed by atoms with Gasteiger partial charge in [-0.1, -0.05) is 0 Å². The minimum atomic E-state index is 0.207. The molecule has 0 aliphatic heterocycles. The predicted octanol–water partition coefficient (Wildman–Crippen LogP) is 3.67. The summed E-state index contributed by atoms with van der Waals surface area (Å²) in [6.07, 6.45) is 0. The lowest BCUT2D eigenvalue weighted by molar-refractivity contribution is 1.16. The van der Waals surface area contributed by atoms with E-state index in [2.05, 4.69) is 20.4 Å². The maximum atomic E-state index is 6.90. The number of thiophene rings is 2. The van der Waals surface area contributed by atoms with Crippen molar-refractivity contribution in [3.05, 3.63) is 12.1 Å². The van der Waals surface area contributed by atoms with Gasteiger partial charge in [-0.05, 0) is 35.7 Å². The molecule has 0 fully saturated rings. The summed E-state index contributed by atoms with van der Waals surface area (Å²) in [5.41, 5.74) is 13.8. The van der Waals surface area contributed by atoms with E-state index in [1.54, 1.807) is 22.7 Å². The standard InChI is InChI=1S/C8H8N8S4/c9-13-7(14-10)19-5-1-3-4(18-5)2-6(17-3)20-8(15-11)16-12/h1-2,9,11H,10,12H2. The van der Waals surface area contributed by atoms with Crippen LogP contribution >= 0.6 is 46.2 Å². The number of nitrogens with zero attached hydrogens (tertiary/aromatic N) is 4. The Bertz CT molecular complexity index is 611. The molecule has 2 heterocycles. The Morgan fingerprint density at radius 3 is 1.60 bits per heavy atom. The largest absolute Gasteiger partial charge is 0.321 e. The summed E-state index contributed by atoms with van der Waals surface area (Å²) in [5.74, 6) is 10.2. The minimum absolute atomic E-state index is 0.207. The molecule has 0 aliphatic carbocycles. The van der Waals surface area contributed by atoms with E-state index in [1.165, 1.54) is 23.5 Å². The monoisotopic (exact) mass is 344 g/mol. The van der Waals surface area contributed by atoms with Gasteiger partial charge in [0.15, 0.2) is 0 Å². The number of nitrogens with one attached hydrogen (secondary N) is 2. The van der Waals surface area contributed by atoms with E-state index >= 15 is 0 Å². The van der Waals surface area contributed by atoms with Crippen LogP contribution in [0, 0.1) is 11.1 Å². The lowest BCUT2D eigenvalue weighted by Gasteiger charge is -1.93. The fourth-order valence-electron chi connectivity index (χ4n) is 1.23. The van der Waals surface area contributed by atoms with Gasteiger partial charge >= 0.3 is 0 Å². The number of nitrogens with two attached hydrogens (primary N) is 2. The van der Waals surface area contributed by atoms with E-state index in [0.717, 1.165) is 17.8 Å².